The Bertz CT molecular complexity index is 910. The number of carbonyl (C=O) groups is 2. The molecule has 0 saturated carbocycles. The van der Waals surface area contributed by atoms with E-state index in [9.17, 15) is 19.1 Å². The first-order valence-electron chi connectivity index (χ1n) is 9.80. The van der Waals surface area contributed by atoms with E-state index in [2.05, 4.69) is 17.0 Å². The zero-order valence-electron chi connectivity index (χ0n) is 16.0. The molecule has 4 rings (SSSR count). The zero-order chi connectivity index (χ0) is 20.4. The summed E-state index contributed by atoms with van der Waals surface area (Å²) >= 11 is 0. The number of phenolic OH excluding ortho intramolecular Hbond substituents is 1. The van der Waals surface area contributed by atoms with E-state index in [-0.39, 0.29) is 17.2 Å². The van der Waals surface area contributed by atoms with Gasteiger partial charge in [-0.15, -0.1) is 0 Å². The molecule has 2 fully saturated rings. The Morgan fingerprint density at radius 3 is 2.55 bits per heavy atom. The average molecular weight is 398 g/mol. The number of hydrogen-bond acceptors (Lipinski definition) is 5. The highest BCUT2D eigenvalue weighted by molar-refractivity contribution is 5.97. The summed E-state index contributed by atoms with van der Waals surface area (Å²) in [6.45, 7) is 3.20. The Kier molecular flexibility index (Phi) is 5.49. The van der Waals surface area contributed by atoms with Crippen molar-refractivity contribution in [3.05, 3.63) is 58.9 Å². The maximum Gasteiger partial charge on any atom is 0.254 e. The van der Waals surface area contributed by atoms with Gasteiger partial charge in [0.2, 0.25) is 0 Å². The molecule has 1 unspecified atom stereocenters. The molecule has 6 nitrogen and oxygen atoms in total. The Balaban J connectivity index is 1.59. The largest absolute Gasteiger partial charge is 0.504 e. The van der Waals surface area contributed by atoms with Crippen LogP contribution in [0.5, 0.6) is 5.75 Å². The number of hydrogen-bond donors (Lipinski definition) is 1. The maximum atomic E-state index is 14.0. The number of halogens is 1. The molecule has 7 heteroatoms. The number of aromatic hydroxyl groups is 1. The summed E-state index contributed by atoms with van der Waals surface area (Å²) in [6, 6.07) is 10.00. The van der Waals surface area contributed by atoms with Gasteiger partial charge in [-0.3, -0.25) is 9.59 Å². The topological polar surface area (TPSA) is 70.1 Å². The van der Waals surface area contributed by atoms with Gasteiger partial charge < -0.3 is 19.6 Å². The van der Waals surface area contributed by atoms with Crippen LogP contribution in [0.2, 0.25) is 0 Å². The second kappa shape index (κ2) is 8.21. The van der Waals surface area contributed by atoms with Crippen molar-refractivity contribution in [2.45, 2.75) is 18.9 Å². The highest BCUT2D eigenvalue weighted by Gasteiger charge is 2.30. The molecular weight excluding hydrogens is 375 g/mol. The first-order valence-corrected chi connectivity index (χ1v) is 9.80. The van der Waals surface area contributed by atoms with E-state index in [0.717, 1.165) is 30.4 Å². The molecular formula is C22H23FN2O4. The van der Waals surface area contributed by atoms with Crippen molar-refractivity contribution in [3.63, 3.8) is 0 Å². The first-order chi connectivity index (χ1) is 14.1. The monoisotopic (exact) mass is 398 g/mol. The van der Waals surface area contributed by atoms with Crippen LogP contribution in [-0.4, -0.2) is 55.0 Å². The number of rotatable bonds is 4. The van der Waals surface area contributed by atoms with Gasteiger partial charge in [-0.1, -0.05) is 12.1 Å². The fraction of sp³-hybridized carbons (Fsp3) is 0.364. The molecule has 0 spiro atoms. The van der Waals surface area contributed by atoms with E-state index in [1.165, 1.54) is 18.9 Å². The third-order valence-electron chi connectivity index (χ3n) is 5.61. The molecule has 2 aromatic rings. The number of anilines is 1. The predicted octanol–water partition coefficient (Wildman–Crippen LogP) is 3.16. The molecule has 2 heterocycles. The van der Waals surface area contributed by atoms with Crippen molar-refractivity contribution in [2.75, 3.05) is 37.7 Å². The number of phenols is 1. The standard InChI is InChI=1S/C22H23FN2O4/c23-19-12-16(11-17(13-26)21(19)27)22(28)25-9-10-29-14-20(25)15-3-5-18(6-4-15)24-7-1-2-8-24/h3-6,11-13,20,27H,1-2,7-10,14H2. The van der Waals surface area contributed by atoms with Gasteiger partial charge in [-0.2, -0.15) is 0 Å². The lowest BCUT2D eigenvalue weighted by Crippen LogP contribution is -2.43. The molecule has 0 aliphatic carbocycles. The molecule has 2 aromatic carbocycles. The summed E-state index contributed by atoms with van der Waals surface area (Å²) in [6.07, 6.45) is 2.74. The maximum absolute atomic E-state index is 14.0. The number of amides is 1. The van der Waals surface area contributed by atoms with Crippen molar-refractivity contribution in [3.8, 4) is 5.75 Å². The lowest BCUT2D eigenvalue weighted by Gasteiger charge is -2.36. The summed E-state index contributed by atoms with van der Waals surface area (Å²) in [5, 5.41) is 9.60. The summed E-state index contributed by atoms with van der Waals surface area (Å²) in [5.74, 6) is -2.13. The van der Waals surface area contributed by atoms with Crippen LogP contribution in [0.25, 0.3) is 0 Å². The number of carbonyl (C=O) groups excluding carboxylic acids is 2. The smallest absolute Gasteiger partial charge is 0.254 e. The molecule has 29 heavy (non-hydrogen) atoms. The van der Waals surface area contributed by atoms with Crippen molar-refractivity contribution in [1.82, 2.24) is 4.90 Å². The Morgan fingerprint density at radius 2 is 1.86 bits per heavy atom. The van der Waals surface area contributed by atoms with Gasteiger partial charge in [-0.05, 0) is 42.7 Å². The van der Waals surface area contributed by atoms with E-state index in [1.807, 2.05) is 12.1 Å². The highest BCUT2D eigenvalue weighted by atomic mass is 19.1. The third-order valence-corrected chi connectivity index (χ3v) is 5.61. The van der Waals surface area contributed by atoms with Crippen LogP contribution in [0, 0.1) is 5.82 Å². The summed E-state index contributed by atoms with van der Waals surface area (Å²) < 4.78 is 19.6. The molecule has 152 valence electrons. The summed E-state index contributed by atoms with van der Waals surface area (Å²) in [4.78, 5) is 28.1. The van der Waals surface area contributed by atoms with Gasteiger partial charge in [-0.25, -0.2) is 4.39 Å². The zero-order valence-corrected chi connectivity index (χ0v) is 16.0. The van der Waals surface area contributed by atoms with E-state index in [4.69, 9.17) is 4.74 Å². The fourth-order valence-electron chi connectivity index (χ4n) is 4.01. The minimum absolute atomic E-state index is 0.0305. The Labute approximate surface area is 168 Å². The molecule has 1 N–H and O–H groups in total. The quantitative estimate of drug-likeness (QED) is 0.802. The van der Waals surface area contributed by atoms with Crippen LogP contribution in [0.3, 0.4) is 0 Å². The normalized spacial score (nSPS) is 19.4. The average Bonchev–Trinajstić information content (AvgIpc) is 3.30. The molecule has 2 aliphatic heterocycles. The number of aldehydes is 1. The molecule has 0 aromatic heterocycles. The second-order valence-corrected chi connectivity index (χ2v) is 7.39. The van der Waals surface area contributed by atoms with Gasteiger partial charge in [0.15, 0.2) is 17.9 Å². The number of morpholine rings is 1. The molecule has 2 saturated heterocycles. The fourth-order valence-corrected chi connectivity index (χ4v) is 4.01. The van der Waals surface area contributed by atoms with E-state index >= 15 is 0 Å². The summed E-state index contributed by atoms with van der Waals surface area (Å²) in [7, 11) is 0. The van der Waals surface area contributed by atoms with Gasteiger partial charge in [0.05, 0.1) is 24.8 Å². The predicted molar refractivity (Wildman–Crippen MR) is 106 cm³/mol. The van der Waals surface area contributed by atoms with Crippen molar-refractivity contribution in [1.29, 1.82) is 0 Å². The Hall–Kier alpha value is -2.93. The van der Waals surface area contributed by atoms with Crippen LogP contribution < -0.4 is 4.90 Å². The van der Waals surface area contributed by atoms with E-state index in [0.29, 0.717) is 26.0 Å². The molecule has 1 atom stereocenters. The van der Waals surface area contributed by atoms with Crippen LogP contribution in [0.1, 0.15) is 45.2 Å². The van der Waals surface area contributed by atoms with Crippen LogP contribution in [0.15, 0.2) is 36.4 Å². The first kappa shape index (κ1) is 19.4. The molecule has 0 radical (unpaired) electrons. The summed E-state index contributed by atoms with van der Waals surface area (Å²) in [5.41, 5.74) is 1.89. The third kappa shape index (κ3) is 3.82. The van der Waals surface area contributed by atoms with Gasteiger partial charge >= 0.3 is 0 Å². The lowest BCUT2D eigenvalue weighted by molar-refractivity contribution is -0.00271. The number of benzene rings is 2. The Morgan fingerprint density at radius 1 is 1.14 bits per heavy atom. The van der Waals surface area contributed by atoms with Gasteiger partial charge in [0, 0.05) is 30.9 Å². The van der Waals surface area contributed by atoms with Gasteiger partial charge in [0.1, 0.15) is 0 Å². The minimum atomic E-state index is -0.988. The lowest BCUT2D eigenvalue weighted by atomic mass is 10.0. The van der Waals surface area contributed by atoms with Crippen LogP contribution in [-0.2, 0) is 4.74 Å². The number of ether oxygens (including phenoxy) is 1. The molecule has 0 bridgehead atoms. The highest BCUT2D eigenvalue weighted by Crippen LogP contribution is 2.30. The van der Waals surface area contributed by atoms with E-state index < -0.39 is 17.5 Å². The SMILES string of the molecule is O=Cc1cc(C(=O)N2CCOCC2c2ccc(N3CCCC3)cc2)cc(F)c1O. The molecule has 1 amide bonds. The number of nitrogens with zero attached hydrogens (tertiary/aromatic N) is 2. The van der Waals surface area contributed by atoms with Crippen molar-refractivity contribution < 1.29 is 23.8 Å². The minimum Gasteiger partial charge on any atom is -0.504 e. The van der Waals surface area contributed by atoms with Gasteiger partial charge in [0.25, 0.3) is 5.91 Å². The second-order valence-electron chi connectivity index (χ2n) is 7.39. The molecule has 2 aliphatic rings. The van der Waals surface area contributed by atoms with E-state index in [1.54, 1.807) is 4.90 Å². The van der Waals surface area contributed by atoms with Crippen LogP contribution in [0.4, 0.5) is 10.1 Å². The van der Waals surface area contributed by atoms with Crippen LogP contribution >= 0.6 is 0 Å². The van der Waals surface area contributed by atoms with Crippen molar-refractivity contribution >= 4 is 17.9 Å². The van der Waals surface area contributed by atoms with Crippen molar-refractivity contribution in [2.24, 2.45) is 0 Å².